The number of carbonyl (C=O) groups excluding carboxylic acids is 1. The third kappa shape index (κ3) is 4.76. The van der Waals surface area contributed by atoms with E-state index < -0.39 is 22.1 Å². The molecule has 3 rings (SSSR count). The zero-order valence-electron chi connectivity index (χ0n) is 18.2. The van der Waals surface area contributed by atoms with Gasteiger partial charge >= 0.3 is 5.69 Å². The van der Waals surface area contributed by atoms with Crippen molar-refractivity contribution in [2.24, 2.45) is 0 Å². The van der Waals surface area contributed by atoms with Crippen LogP contribution >= 0.6 is 0 Å². The van der Waals surface area contributed by atoms with Gasteiger partial charge in [0.1, 0.15) is 5.82 Å². The van der Waals surface area contributed by atoms with Gasteiger partial charge in [0.15, 0.2) is 5.69 Å². The lowest BCUT2D eigenvalue weighted by atomic mass is 10.1. The van der Waals surface area contributed by atoms with Gasteiger partial charge in [-0.3, -0.25) is 29.3 Å². The number of nitrogen functional groups attached to an aromatic ring is 1. The zero-order valence-corrected chi connectivity index (χ0v) is 18.2. The fourth-order valence-corrected chi connectivity index (χ4v) is 3.49. The highest BCUT2D eigenvalue weighted by Crippen LogP contribution is 2.27. The number of hydrogen-bond donors (Lipinski definition) is 3. The number of nitrogens with two attached hydrogens (primary N) is 1. The summed E-state index contributed by atoms with van der Waals surface area (Å²) in [4.78, 5) is 52.8. The van der Waals surface area contributed by atoms with E-state index in [1.165, 1.54) is 16.7 Å². The summed E-state index contributed by atoms with van der Waals surface area (Å²) in [6, 6.07) is 12.9. The summed E-state index contributed by atoms with van der Waals surface area (Å²) in [6.45, 7) is 1.99. The lowest BCUT2D eigenvalue weighted by Gasteiger charge is -2.25. The number of nitro benzene ring substituents is 1. The fourth-order valence-electron chi connectivity index (χ4n) is 3.49. The van der Waals surface area contributed by atoms with E-state index >= 15 is 0 Å². The Morgan fingerprint density at radius 2 is 1.91 bits per heavy atom. The lowest BCUT2D eigenvalue weighted by Crippen LogP contribution is -2.41. The second-order valence-electron chi connectivity index (χ2n) is 7.26. The molecule has 1 heterocycles. The number of aromatic nitrogens is 2. The van der Waals surface area contributed by atoms with E-state index in [2.05, 4.69) is 10.3 Å². The van der Waals surface area contributed by atoms with Crippen molar-refractivity contribution in [1.82, 2.24) is 9.55 Å². The monoisotopic (exact) mass is 452 g/mol. The second-order valence-corrected chi connectivity index (χ2v) is 7.26. The Kier molecular flexibility index (Phi) is 6.91. The van der Waals surface area contributed by atoms with Crippen LogP contribution in [0.5, 0.6) is 0 Å². The van der Waals surface area contributed by atoms with E-state index in [0.29, 0.717) is 12.1 Å². The number of carbonyl (C=O) groups is 1. The number of H-pyrrole nitrogens is 1. The van der Waals surface area contributed by atoms with Gasteiger partial charge in [0, 0.05) is 31.4 Å². The quantitative estimate of drug-likeness (QED) is 0.349. The van der Waals surface area contributed by atoms with Crippen LogP contribution in [0.1, 0.15) is 29.3 Å². The van der Waals surface area contributed by atoms with Crippen LogP contribution in [0.2, 0.25) is 0 Å². The van der Waals surface area contributed by atoms with E-state index in [1.54, 1.807) is 38.2 Å². The van der Waals surface area contributed by atoms with Gasteiger partial charge in [0.25, 0.3) is 17.2 Å². The number of hydrogen-bond acceptors (Lipinski definition) is 7. The van der Waals surface area contributed by atoms with E-state index in [4.69, 9.17) is 5.73 Å². The Labute approximate surface area is 188 Å². The number of nitrogens with one attached hydrogen (secondary N) is 2. The molecule has 0 fully saturated rings. The molecule has 3 aromatic rings. The van der Waals surface area contributed by atoms with E-state index in [9.17, 15) is 24.5 Å². The molecule has 0 saturated carbocycles. The number of benzene rings is 2. The van der Waals surface area contributed by atoms with Gasteiger partial charge in [-0.1, -0.05) is 37.3 Å². The highest BCUT2D eigenvalue weighted by atomic mass is 16.6. The van der Waals surface area contributed by atoms with Crippen LogP contribution in [0.3, 0.4) is 0 Å². The van der Waals surface area contributed by atoms with Crippen LogP contribution in [-0.4, -0.2) is 34.0 Å². The number of aromatic amines is 1. The molecule has 0 saturated heterocycles. The number of nitrogens with zero attached hydrogens (tertiary/aromatic N) is 3. The number of rotatable bonds is 8. The molecule has 4 N–H and O–H groups in total. The molecule has 1 aromatic heterocycles. The predicted octanol–water partition coefficient (Wildman–Crippen LogP) is 2.17. The van der Waals surface area contributed by atoms with Crippen LogP contribution in [0, 0.1) is 10.1 Å². The van der Waals surface area contributed by atoms with Crippen molar-refractivity contribution in [1.29, 1.82) is 0 Å². The Morgan fingerprint density at radius 3 is 2.52 bits per heavy atom. The Bertz CT molecular complexity index is 1300. The first-order chi connectivity index (χ1) is 15.8. The van der Waals surface area contributed by atoms with Crippen molar-refractivity contribution in [2.75, 3.05) is 29.5 Å². The van der Waals surface area contributed by atoms with Crippen LogP contribution in [-0.2, 0) is 6.54 Å². The summed E-state index contributed by atoms with van der Waals surface area (Å²) < 4.78 is 1.18. The normalized spacial score (nSPS) is 10.6. The maximum atomic E-state index is 13.5. The lowest BCUT2D eigenvalue weighted by molar-refractivity contribution is -0.384. The largest absolute Gasteiger partial charge is 0.387 e. The molecule has 0 bridgehead atoms. The molecule has 0 aliphatic heterocycles. The van der Waals surface area contributed by atoms with Crippen molar-refractivity contribution in [3.63, 3.8) is 0 Å². The minimum absolute atomic E-state index is 0.000223. The molecular formula is C22H24N6O5. The molecule has 0 atom stereocenters. The van der Waals surface area contributed by atoms with Crippen LogP contribution in [0.25, 0.3) is 0 Å². The number of amides is 1. The molecule has 172 valence electrons. The van der Waals surface area contributed by atoms with Crippen molar-refractivity contribution in [3.8, 4) is 0 Å². The number of anilines is 3. The van der Waals surface area contributed by atoms with Gasteiger partial charge in [-0.2, -0.15) is 0 Å². The summed E-state index contributed by atoms with van der Waals surface area (Å²) >= 11 is 0. The maximum Gasteiger partial charge on any atom is 0.330 e. The fraction of sp³-hybridized carbons (Fsp3) is 0.227. The SMILES string of the molecule is CCCN(C(=O)c1cc([N+](=O)[O-])ccc1NC)c1c(N)n(Cc2ccccc2)c(=O)[nH]c1=O. The molecule has 33 heavy (non-hydrogen) atoms. The summed E-state index contributed by atoms with van der Waals surface area (Å²) in [7, 11) is 1.57. The van der Waals surface area contributed by atoms with Gasteiger partial charge in [0.2, 0.25) is 0 Å². The highest BCUT2D eigenvalue weighted by molar-refractivity contribution is 6.10. The maximum absolute atomic E-state index is 13.5. The van der Waals surface area contributed by atoms with Gasteiger partial charge in [-0.25, -0.2) is 4.79 Å². The molecule has 2 aromatic carbocycles. The third-order valence-corrected chi connectivity index (χ3v) is 5.07. The van der Waals surface area contributed by atoms with Crippen molar-refractivity contribution in [3.05, 3.63) is 90.6 Å². The number of nitro groups is 1. The molecule has 0 aliphatic carbocycles. The summed E-state index contributed by atoms with van der Waals surface area (Å²) in [5, 5.41) is 14.1. The smallest absolute Gasteiger partial charge is 0.330 e. The Hall–Kier alpha value is -4.41. The highest BCUT2D eigenvalue weighted by Gasteiger charge is 2.27. The Balaban J connectivity index is 2.16. The van der Waals surface area contributed by atoms with E-state index in [-0.39, 0.29) is 35.8 Å². The van der Waals surface area contributed by atoms with Crippen LogP contribution < -0.4 is 27.2 Å². The van der Waals surface area contributed by atoms with Crippen molar-refractivity contribution >= 4 is 28.8 Å². The molecule has 0 unspecified atom stereocenters. The van der Waals surface area contributed by atoms with E-state index in [1.807, 2.05) is 6.07 Å². The molecule has 11 nitrogen and oxygen atoms in total. The second kappa shape index (κ2) is 9.81. The summed E-state index contributed by atoms with van der Waals surface area (Å²) in [6.07, 6.45) is 0.465. The molecule has 0 radical (unpaired) electrons. The number of non-ortho nitro benzene ring substituents is 1. The first kappa shape index (κ1) is 23.3. The molecule has 11 heteroatoms. The topological polar surface area (TPSA) is 156 Å². The molecule has 0 spiro atoms. The first-order valence-electron chi connectivity index (χ1n) is 10.2. The Morgan fingerprint density at radius 1 is 1.21 bits per heavy atom. The standard InChI is InChI=1S/C22H24N6O5/c1-3-11-26(21(30)16-12-15(28(32)33)9-10-17(16)24-2)18-19(23)27(22(31)25-20(18)29)13-14-7-5-4-6-8-14/h4-10,12,24H,3,11,13,23H2,1-2H3,(H,25,29,31). The summed E-state index contributed by atoms with van der Waals surface area (Å²) in [5.74, 6) is -0.835. The minimum atomic E-state index is -0.819. The molecular weight excluding hydrogens is 428 g/mol. The van der Waals surface area contributed by atoms with Crippen molar-refractivity contribution < 1.29 is 9.72 Å². The average molecular weight is 452 g/mol. The van der Waals surface area contributed by atoms with E-state index in [0.717, 1.165) is 16.5 Å². The van der Waals surface area contributed by atoms with Gasteiger partial charge < -0.3 is 16.0 Å². The van der Waals surface area contributed by atoms with Gasteiger partial charge in [0.05, 0.1) is 17.0 Å². The van der Waals surface area contributed by atoms with Crippen molar-refractivity contribution in [2.45, 2.75) is 19.9 Å². The predicted molar refractivity (Wildman–Crippen MR) is 126 cm³/mol. The molecule has 0 aliphatic rings. The average Bonchev–Trinajstić information content (AvgIpc) is 2.80. The summed E-state index contributed by atoms with van der Waals surface area (Å²) in [5.41, 5.74) is 5.38. The van der Waals surface area contributed by atoms with Gasteiger partial charge in [-0.15, -0.1) is 0 Å². The van der Waals surface area contributed by atoms with Gasteiger partial charge in [-0.05, 0) is 18.1 Å². The minimum Gasteiger partial charge on any atom is -0.387 e. The molecule has 1 amide bonds. The zero-order chi connectivity index (χ0) is 24.1. The third-order valence-electron chi connectivity index (χ3n) is 5.07. The first-order valence-corrected chi connectivity index (χ1v) is 10.2. The van der Waals surface area contributed by atoms with Crippen LogP contribution in [0.4, 0.5) is 22.9 Å². The van der Waals surface area contributed by atoms with Crippen LogP contribution in [0.15, 0.2) is 58.1 Å².